The predicted molar refractivity (Wildman–Crippen MR) is 151 cm³/mol. The summed E-state index contributed by atoms with van der Waals surface area (Å²) in [5.41, 5.74) is -3.84. The monoisotopic (exact) mass is 690 g/mol. The average molecular weight is 691 g/mol. The van der Waals surface area contributed by atoms with Gasteiger partial charge in [0.2, 0.25) is 5.95 Å². The van der Waals surface area contributed by atoms with E-state index in [1.54, 1.807) is 30.3 Å². The van der Waals surface area contributed by atoms with Crippen LogP contribution in [-0.4, -0.2) is 38.9 Å². The van der Waals surface area contributed by atoms with Crippen LogP contribution in [0.15, 0.2) is 77.6 Å². The Morgan fingerprint density at radius 3 is 2.23 bits per heavy atom. The van der Waals surface area contributed by atoms with E-state index in [1.807, 2.05) is 0 Å². The van der Waals surface area contributed by atoms with E-state index in [2.05, 4.69) is 10.1 Å². The zero-order valence-electron chi connectivity index (χ0n) is 24.2. The van der Waals surface area contributed by atoms with Crippen LogP contribution in [0.3, 0.4) is 0 Å². The average Bonchev–Trinajstić information content (AvgIpc) is 3.42. The molecule has 0 radical (unpaired) electrons. The summed E-state index contributed by atoms with van der Waals surface area (Å²) in [6.45, 7) is 0.702. The summed E-state index contributed by atoms with van der Waals surface area (Å²) in [5, 5.41) is 3.96. The Morgan fingerprint density at radius 1 is 1.02 bits per heavy atom. The lowest BCUT2D eigenvalue weighted by molar-refractivity contribution is -0.192. The highest BCUT2D eigenvalue weighted by molar-refractivity contribution is 7.50. The number of aromatic amines is 1. The van der Waals surface area contributed by atoms with Crippen molar-refractivity contribution in [3.8, 4) is 0 Å². The summed E-state index contributed by atoms with van der Waals surface area (Å²) in [6, 6.07) is 13.1. The Morgan fingerprint density at radius 2 is 1.64 bits per heavy atom. The SMILES string of the molecule is C[C@@H](O[C@H]1OCCN(c2nn(P(=O)(O)OCc3ccccc3)c(=O)[nH]2)[C@H]1c1ccc(F)cc1)c1cc(C(F)(F)F)cc(C(F)(F)F)c1. The van der Waals surface area contributed by atoms with Gasteiger partial charge in [-0.05, 0) is 53.9 Å². The van der Waals surface area contributed by atoms with Gasteiger partial charge in [0.1, 0.15) is 11.9 Å². The summed E-state index contributed by atoms with van der Waals surface area (Å²) in [7, 11) is -4.85. The number of anilines is 1. The number of H-pyrrole nitrogens is 1. The van der Waals surface area contributed by atoms with E-state index in [4.69, 9.17) is 14.0 Å². The molecule has 1 aliphatic heterocycles. The summed E-state index contributed by atoms with van der Waals surface area (Å²) in [6.07, 6.45) is -13.0. The topological polar surface area (TPSA) is 119 Å². The molecule has 18 heteroatoms. The van der Waals surface area contributed by atoms with Crippen LogP contribution in [0.2, 0.25) is 0 Å². The molecule has 0 spiro atoms. The molecule has 1 fully saturated rings. The summed E-state index contributed by atoms with van der Waals surface area (Å²) in [4.78, 5) is 27.1. The van der Waals surface area contributed by atoms with Crippen molar-refractivity contribution in [3.05, 3.63) is 117 Å². The summed E-state index contributed by atoms with van der Waals surface area (Å²) >= 11 is 0. The second kappa shape index (κ2) is 13.2. The minimum atomic E-state index is -5.09. The lowest BCUT2D eigenvalue weighted by Crippen LogP contribution is -2.47. The standard InChI is InChI=1S/C29H26F7N4O6P/c1-17(20-13-21(28(31,32)33)15-22(14-20)29(34,35)36)46-25-24(19-7-9-23(30)10-8-19)39(11-12-44-25)26-37-27(41)40(38-26)47(42,43)45-16-18-5-3-2-4-6-18/h2-10,13-15,17,24-25H,11-12,16H2,1H3,(H,42,43)(H,37,38,41)/t17-,24+,25-/m1/s1. The van der Waals surface area contributed by atoms with Crippen LogP contribution in [0.1, 0.15) is 46.9 Å². The second-order valence-corrected chi connectivity index (χ2v) is 12.1. The van der Waals surface area contributed by atoms with Crippen molar-refractivity contribution in [2.75, 3.05) is 18.1 Å². The molecule has 10 nitrogen and oxygen atoms in total. The number of halogens is 7. The summed E-state index contributed by atoms with van der Waals surface area (Å²) < 4.78 is 125. The number of benzene rings is 3. The van der Waals surface area contributed by atoms with Crippen LogP contribution in [0, 0.1) is 5.82 Å². The van der Waals surface area contributed by atoms with Crippen LogP contribution in [0.4, 0.5) is 36.7 Å². The fourth-order valence-electron chi connectivity index (χ4n) is 4.88. The van der Waals surface area contributed by atoms with Gasteiger partial charge in [-0.2, -0.15) is 26.3 Å². The Bertz CT molecular complexity index is 1770. The Balaban J connectivity index is 1.47. The molecule has 1 aliphatic rings. The molecule has 4 atom stereocenters. The van der Waals surface area contributed by atoms with E-state index >= 15 is 0 Å². The van der Waals surface area contributed by atoms with Gasteiger partial charge in [-0.15, -0.1) is 9.55 Å². The molecule has 252 valence electrons. The maximum absolute atomic E-state index is 13.9. The molecule has 0 bridgehead atoms. The third kappa shape index (κ3) is 7.93. The van der Waals surface area contributed by atoms with E-state index in [-0.39, 0.29) is 41.8 Å². The lowest BCUT2D eigenvalue weighted by atomic mass is 10.0. The number of hydrogen-bond acceptors (Lipinski definition) is 7. The Labute approximate surface area is 261 Å². The number of aromatic nitrogens is 3. The van der Waals surface area contributed by atoms with E-state index in [0.29, 0.717) is 17.7 Å². The van der Waals surface area contributed by atoms with Gasteiger partial charge < -0.3 is 19.3 Å². The predicted octanol–water partition coefficient (Wildman–Crippen LogP) is 6.60. The third-order valence-electron chi connectivity index (χ3n) is 7.18. The zero-order valence-corrected chi connectivity index (χ0v) is 25.1. The van der Waals surface area contributed by atoms with Gasteiger partial charge >= 0.3 is 25.8 Å². The van der Waals surface area contributed by atoms with Crippen molar-refractivity contribution in [1.82, 2.24) is 14.5 Å². The molecule has 2 heterocycles. The molecule has 1 unspecified atom stereocenters. The molecule has 3 aromatic carbocycles. The van der Waals surface area contributed by atoms with Crippen LogP contribution < -0.4 is 10.6 Å². The van der Waals surface area contributed by atoms with Gasteiger partial charge in [-0.25, -0.2) is 13.8 Å². The number of rotatable bonds is 9. The number of ether oxygens (including phenoxy) is 2. The quantitative estimate of drug-likeness (QED) is 0.149. The smallest absolute Gasteiger partial charge is 0.348 e. The number of morpholine rings is 1. The highest BCUT2D eigenvalue weighted by Gasteiger charge is 2.41. The van der Waals surface area contributed by atoms with Crippen LogP contribution in [0.25, 0.3) is 0 Å². The fourth-order valence-corrected chi connectivity index (χ4v) is 5.78. The molecular formula is C29H26F7N4O6P. The molecule has 0 amide bonds. The Kier molecular flexibility index (Phi) is 9.67. The lowest BCUT2D eigenvalue weighted by Gasteiger charge is -2.41. The third-order valence-corrected chi connectivity index (χ3v) is 8.40. The minimum absolute atomic E-state index is 0.00746. The van der Waals surface area contributed by atoms with E-state index in [0.717, 1.165) is 12.1 Å². The van der Waals surface area contributed by atoms with Gasteiger partial charge in [0.25, 0.3) is 0 Å². The molecule has 1 aromatic heterocycles. The first-order chi connectivity index (χ1) is 22.0. The molecular weight excluding hydrogens is 664 g/mol. The summed E-state index contributed by atoms with van der Waals surface area (Å²) in [5.74, 6) is -0.897. The van der Waals surface area contributed by atoms with Gasteiger partial charge in [-0.3, -0.25) is 9.51 Å². The van der Waals surface area contributed by atoms with Crippen molar-refractivity contribution in [2.24, 2.45) is 0 Å². The van der Waals surface area contributed by atoms with Gasteiger partial charge in [0, 0.05) is 6.54 Å². The maximum atomic E-state index is 13.9. The van der Waals surface area contributed by atoms with Gasteiger partial charge in [0.15, 0.2) is 6.29 Å². The van der Waals surface area contributed by atoms with Crippen LogP contribution >= 0.6 is 7.75 Å². The number of nitrogens with one attached hydrogen (secondary N) is 1. The molecule has 4 aromatic rings. The highest BCUT2D eigenvalue weighted by atomic mass is 31.2. The van der Waals surface area contributed by atoms with Crippen LogP contribution in [0.5, 0.6) is 0 Å². The first-order valence-corrected chi connectivity index (χ1v) is 15.4. The molecule has 5 rings (SSSR count). The molecule has 1 saturated heterocycles. The number of hydrogen-bond donors (Lipinski definition) is 2. The normalized spacial score (nSPS) is 19.4. The van der Waals surface area contributed by atoms with Crippen molar-refractivity contribution >= 4 is 13.7 Å². The molecule has 0 saturated carbocycles. The molecule has 47 heavy (non-hydrogen) atoms. The number of nitrogens with zero attached hydrogens (tertiary/aromatic N) is 3. The molecule has 2 N–H and O–H groups in total. The van der Waals surface area contributed by atoms with Crippen molar-refractivity contribution < 1.29 is 54.2 Å². The second-order valence-electron chi connectivity index (χ2n) is 10.4. The fraction of sp³-hybridized carbons (Fsp3) is 0.310. The minimum Gasteiger partial charge on any atom is -0.348 e. The number of alkyl halides is 6. The van der Waals surface area contributed by atoms with E-state index in [9.17, 15) is 45.0 Å². The largest absolute Gasteiger partial charge is 0.457 e. The van der Waals surface area contributed by atoms with Crippen molar-refractivity contribution in [2.45, 2.75) is 44.3 Å². The van der Waals surface area contributed by atoms with E-state index < -0.39 is 66.7 Å². The van der Waals surface area contributed by atoms with Gasteiger partial charge in [0.05, 0.1) is 30.4 Å². The van der Waals surface area contributed by atoms with Crippen LogP contribution in [-0.2, 0) is 37.5 Å². The first-order valence-electron chi connectivity index (χ1n) is 13.8. The molecule has 0 aliphatic carbocycles. The maximum Gasteiger partial charge on any atom is 0.457 e. The van der Waals surface area contributed by atoms with Crippen molar-refractivity contribution in [3.63, 3.8) is 0 Å². The van der Waals surface area contributed by atoms with E-state index in [1.165, 1.54) is 24.0 Å². The Hall–Kier alpha value is -4.02. The first kappa shape index (κ1) is 34.3. The highest BCUT2D eigenvalue weighted by Crippen LogP contribution is 2.44. The van der Waals surface area contributed by atoms with Gasteiger partial charge in [-0.1, -0.05) is 42.5 Å². The van der Waals surface area contributed by atoms with Crippen molar-refractivity contribution in [1.29, 1.82) is 0 Å². The zero-order chi connectivity index (χ0) is 34.1.